The van der Waals surface area contributed by atoms with Crippen molar-refractivity contribution in [1.82, 2.24) is 14.8 Å². The van der Waals surface area contributed by atoms with Gasteiger partial charge < -0.3 is 9.80 Å². The molecule has 0 aliphatic carbocycles. The molecule has 36 heavy (non-hydrogen) atoms. The highest BCUT2D eigenvalue weighted by Gasteiger charge is 2.28. The molecule has 1 saturated heterocycles. The van der Waals surface area contributed by atoms with E-state index in [1.54, 1.807) is 11.3 Å². The van der Waals surface area contributed by atoms with E-state index >= 15 is 0 Å². The topological polar surface area (TPSA) is 53.5 Å². The summed E-state index contributed by atoms with van der Waals surface area (Å²) < 4.78 is 0. The minimum Gasteiger partial charge on any atom is -0.332 e. The van der Waals surface area contributed by atoms with Crippen LogP contribution in [0.15, 0.2) is 72.1 Å². The van der Waals surface area contributed by atoms with Gasteiger partial charge in [0.25, 0.3) is 11.8 Å². The molecular formula is C30H25N3O2S. The Morgan fingerprint density at radius 1 is 0.861 bits per heavy atom. The second-order valence-corrected chi connectivity index (χ2v) is 10.2. The fraction of sp³-hybridized carbons (Fsp3) is 0.233. The normalized spacial score (nSPS) is 15.4. The Kier molecular flexibility index (Phi) is 6.00. The van der Waals surface area contributed by atoms with Crippen LogP contribution in [-0.4, -0.2) is 39.7 Å². The molecule has 0 radical (unpaired) electrons. The van der Waals surface area contributed by atoms with Gasteiger partial charge in [-0.3, -0.25) is 9.59 Å². The van der Waals surface area contributed by atoms with E-state index in [4.69, 9.17) is 4.98 Å². The first kappa shape index (κ1) is 22.5. The minimum absolute atomic E-state index is 0.0205. The lowest BCUT2D eigenvalue weighted by Crippen LogP contribution is -2.37. The van der Waals surface area contributed by atoms with Gasteiger partial charge in [0.05, 0.1) is 5.01 Å². The molecule has 2 aliphatic rings. The average molecular weight is 492 g/mol. The Morgan fingerprint density at radius 3 is 2.25 bits per heavy atom. The number of likely N-dealkylation sites (tertiary alicyclic amines) is 1. The molecule has 0 atom stereocenters. The molecule has 2 amide bonds. The molecule has 4 aromatic rings. The maximum Gasteiger partial charge on any atom is 0.298 e. The molecule has 6 heteroatoms. The summed E-state index contributed by atoms with van der Waals surface area (Å²) in [5.41, 5.74) is 3.74. The molecule has 0 unspecified atom stereocenters. The van der Waals surface area contributed by atoms with Crippen molar-refractivity contribution in [1.29, 1.82) is 0 Å². The summed E-state index contributed by atoms with van der Waals surface area (Å²) in [5.74, 6) is 5.83. The standard InChI is InChI=1S/C30H25N3O2S/c34-27(13-12-21-6-2-1-3-7-21)32-16-14-23(15-17-32)29-31-26(20-36-29)30(35)33-18-24-10-4-8-22-9-5-11-25(19-33)28(22)24/h1-11,20,23H,14-19H2. The number of hydrogen-bond donors (Lipinski definition) is 0. The third-order valence-electron chi connectivity index (χ3n) is 7.05. The molecule has 178 valence electrons. The van der Waals surface area contributed by atoms with Crippen LogP contribution in [0.3, 0.4) is 0 Å². The number of rotatable bonds is 2. The molecule has 2 aliphatic heterocycles. The van der Waals surface area contributed by atoms with Crippen LogP contribution in [-0.2, 0) is 17.9 Å². The number of aromatic nitrogens is 1. The summed E-state index contributed by atoms with van der Waals surface area (Å²) in [4.78, 5) is 34.3. The first-order valence-corrected chi connectivity index (χ1v) is 13.1. The van der Waals surface area contributed by atoms with Crippen molar-refractivity contribution >= 4 is 33.9 Å². The SMILES string of the molecule is O=C(C#Cc1ccccc1)N1CCC(c2nc(C(=O)N3Cc4cccc5cccc(c45)C3)cs2)CC1. The van der Waals surface area contributed by atoms with Crippen LogP contribution in [0.4, 0.5) is 0 Å². The Morgan fingerprint density at radius 2 is 1.56 bits per heavy atom. The van der Waals surface area contributed by atoms with Gasteiger partial charge in [0.15, 0.2) is 0 Å². The largest absolute Gasteiger partial charge is 0.332 e. The predicted octanol–water partition coefficient (Wildman–Crippen LogP) is 5.21. The van der Waals surface area contributed by atoms with Gasteiger partial charge in [0, 0.05) is 49.0 Å². The van der Waals surface area contributed by atoms with E-state index in [1.165, 1.54) is 21.9 Å². The summed E-state index contributed by atoms with van der Waals surface area (Å²) in [5, 5.41) is 5.38. The second-order valence-electron chi connectivity index (χ2n) is 9.35. The Balaban J connectivity index is 1.09. The number of amides is 2. The van der Waals surface area contributed by atoms with Crippen molar-refractivity contribution in [2.75, 3.05) is 13.1 Å². The Hall–Kier alpha value is -3.95. The fourth-order valence-corrected chi connectivity index (χ4v) is 6.13. The smallest absolute Gasteiger partial charge is 0.298 e. The van der Waals surface area contributed by atoms with Crippen LogP contribution in [0, 0.1) is 11.8 Å². The van der Waals surface area contributed by atoms with Gasteiger partial charge in [-0.05, 0) is 46.9 Å². The number of piperidine rings is 1. The van der Waals surface area contributed by atoms with E-state index in [0.29, 0.717) is 31.9 Å². The first-order valence-electron chi connectivity index (χ1n) is 12.3. The third kappa shape index (κ3) is 4.38. The maximum absolute atomic E-state index is 13.4. The highest BCUT2D eigenvalue weighted by atomic mass is 32.1. The molecular weight excluding hydrogens is 466 g/mol. The van der Waals surface area contributed by atoms with Crippen LogP contribution >= 0.6 is 11.3 Å². The highest BCUT2D eigenvalue weighted by Crippen LogP contribution is 2.33. The predicted molar refractivity (Wildman–Crippen MR) is 142 cm³/mol. The summed E-state index contributed by atoms with van der Waals surface area (Å²) in [6.07, 6.45) is 1.66. The number of thiazole rings is 1. The van der Waals surface area contributed by atoms with E-state index in [1.807, 2.05) is 45.5 Å². The summed E-state index contributed by atoms with van der Waals surface area (Å²) in [6.45, 7) is 2.51. The van der Waals surface area contributed by atoms with Gasteiger partial charge in [-0.2, -0.15) is 0 Å². The third-order valence-corrected chi connectivity index (χ3v) is 8.05. The molecule has 1 fully saturated rings. The Bertz CT molecular complexity index is 1470. The van der Waals surface area contributed by atoms with Crippen LogP contribution < -0.4 is 0 Å². The monoisotopic (exact) mass is 491 g/mol. The molecule has 3 heterocycles. The summed E-state index contributed by atoms with van der Waals surface area (Å²) >= 11 is 1.56. The van der Waals surface area contributed by atoms with Crippen molar-refractivity contribution in [2.45, 2.75) is 31.8 Å². The molecule has 1 aromatic heterocycles. The lowest BCUT2D eigenvalue weighted by atomic mass is 9.95. The molecule has 0 N–H and O–H groups in total. The van der Waals surface area contributed by atoms with E-state index < -0.39 is 0 Å². The number of carbonyl (C=O) groups is 2. The van der Waals surface area contributed by atoms with Gasteiger partial charge in [0.2, 0.25) is 0 Å². The van der Waals surface area contributed by atoms with Gasteiger partial charge in [-0.25, -0.2) is 4.98 Å². The van der Waals surface area contributed by atoms with Gasteiger partial charge in [0.1, 0.15) is 5.69 Å². The number of benzene rings is 3. The molecule has 0 saturated carbocycles. The van der Waals surface area contributed by atoms with Crippen molar-refractivity contribution < 1.29 is 9.59 Å². The van der Waals surface area contributed by atoms with Crippen LogP contribution in [0.2, 0.25) is 0 Å². The molecule has 5 nitrogen and oxygen atoms in total. The fourth-order valence-electron chi connectivity index (χ4n) is 5.17. The maximum atomic E-state index is 13.4. The van der Waals surface area contributed by atoms with Crippen molar-refractivity contribution in [3.05, 3.63) is 99.5 Å². The van der Waals surface area contributed by atoms with E-state index in [9.17, 15) is 9.59 Å². The number of nitrogens with zero attached hydrogens (tertiary/aromatic N) is 3. The van der Waals surface area contributed by atoms with Gasteiger partial charge in [-0.1, -0.05) is 60.5 Å². The second kappa shape index (κ2) is 9.60. The minimum atomic E-state index is -0.132. The van der Waals surface area contributed by atoms with Gasteiger partial charge >= 0.3 is 0 Å². The highest BCUT2D eigenvalue weighted by molar-refractivity contribution is 7.09. The van der Waals surface area contributed by atoms with Crippen LogP contribution in [0.1, 0.15) is 50.9 Å². The molecule has 0 spiro atoms. The molecule has 6 rings (SSSR count). The molecule has 3 aromatic carbocycles. The quantitative estimate of drug-likeness (QED) is 0.362. The summed E-state index contributed by atoms with van der Waals surface area (Å²) in [6, 6.07) is 22.1. The lowest BCUT2D eigenvalue weighted by molar-refractivity contribution is -0.126. The number of hydrogen-bond acceptors (Lipinski definition) is 4. The average Bonchev–Trinajstić information content (AvgIpc) is 3.43. The van der Waals surface area contributed by atoms with Gasteiger partial charge in [-0.15, -0.1) is 11.3 Å². The lowest BCUT2D eigenvalue weighted by Gasteiger charge is -2.30. The molecule has 0 bridgehead atoms. The van der Waals surface area contributed by atoms with Crippen LogP contribution in [0.25, 0.3) is 10.8 Å². The first-order chi connectivity index (χ1) is 17.7. The number of carbonyl (C=O) groups excluding carboxylic acids is 2. The van der Waals surface area contributed by atoms with Crippen LogP contribution in [0.5, 0.6) is 0 Å². The van der Waals surface area contributed by atoms with Crippen molar-refractivity contribution in [3.63, 3.8) is 0 Å². The Labute approximate surface area is 214 Å². The zero-order valence-electron chi connectivity index (χ0n) is 19.8. The zero-order valence-corrected chi connectivity index (χ0v) is 20.6. The summed E-state index contributed by atoms with van der Waals surface area (Å²) in [7, 11) is 0. The van der Waals surface area contributed by atoms with Crippen molar-refractivity contribution in [3.8, 4) is 11.8 Å². The zero-order chi connectivity index (χ0) is 24.5. The van der Waals surface area contributed by atoms with E-state index in [-0.39, 0.29) is 17.7 Å². The van der Waals surface area contributed by atoms with Crippen molar-refractivity contribution in [2.24, 2.45) is 0 Å². The van der Waals surface area contributed by atoms with E-state index in [0.717, 1.165) is 23.4 Å². The van der Waals surface area contributed by atoms with E-state index in [2.05, 4.69) is 48.2 Å².